The predicted molar refractivity (Wildman–Crippen MR) is 37.0 cm³/mol. The van der Waals surface area contributed by atoms with Gasteiger partial charge in [-0.05, 0) is 13.0 Å². The van der Waals surface area contributed by atoms with Crippen molar-refractivity contribution in [1.29, 1.82) is 5.41 Å². The number of nitrogens with one attached hydrogen (secondary N) is 1. The van der Waals surface area contributed by atoms with Crippen LogP contribution < -0.4 is 0 Å². The Bertz CT molecular complexity index is 108. The molecule has 0 heterocycles. The van der Waals surface area contributed by atoms with E-state index in [4.69, 9.17) is 5.41 Å². The maximum atomic E-state index is 7.05. The van der Waals surface area contributed by atoms with Gasteiger partial charge in [0.25, 0.3) is 0 Å². The van der Waals surface area contributed by atoms with Gasteiger partial charge in [-0.1, -0.05) is 6.08 Å². The van der Waals surface area contributed by atoms with Crippen LogP contribution in [0.3, 0.4) is 0 Å². The highest BCUT2D eigenvalue weighted by Crippen LogP contribution is 1.71. The Balaban J connectivity index is 3.66. The summed E-state index contributed by atoms with van der Waals surface area (Å²) in [5, 5.41) is 7.05. The van der Waals surface area contributed by atoms with Crippen LogP contribution in [0.15, 0.2) is 17.1 Å². The lowest BCUT2D eigenvalue weighted by molar-refractivity contribution is 1.47. The van der Waals surface area contributed by atoms with E-state index in [0.717, 1.165) is 0 Å². The summed E-state index contributed by atoms with van der Waals surface area (Å²) in [5.41, 5.74) is 0.440. The van der Waals surface area contributed by atoms with Crippen molar-refractivity contribution in [3.05, 3.63) is 12.2 Å². The van der Waals surface area contributed by atoms with Crippen molar-refractivity contribution in [3.63, 3.8) is 0 Å². The van der Waals surface area contributed by atoms with E-state index < -0.39 is 0 Å². The molecular formula is C6H10N2. The molecule has 0 unspecified atom stereocenters. The topological polar surface area (TPSA) is 36.2 Å². The van der Waals surface area contributed by atoms with Crippen LogP contribution >= 0.6 is 0 Å². The molecule has 0 bridgehead atoms. The quantitative estimate of drug-likeness (QED) is 0.520. The van der Waals surface area contributed by atoms with Gasteiger partial charge in [-0.15, -0.1) is 0 Å². The van der Waals surface area contributed by atoms with Crippen LogP contribution in [0.2, 0.25) is 0 Å². The Morgan fingerprint density at radius 1 is 1.62 bits per heavy atom. The predicted octanol–water partition coefficient (Wildman–Crippen LogP) is 1.28. The average molecular weight is 110 g/mol. The van der Waals surface area contributed by atoms with Gasteiger partial charge in [0.05, 0.1) is 5.71 Å². The van der Waals surface area contributed by atoms with Crippen molar-refractivity contribution >= 4 is 11.9 Å². The van der Waals surface area contributed by atoms with Gasteiger partial charge in [-0.25, -0.2) is 0 Å². The van der Waals surface area contributed by atoms with Crippen LogP contribution in [-0.4, -0.2) is 19.0 Å². The fourth-order valence-corrected chi connectivity index (χ4v) is 0.362. The zero-order valence-electron chi connectivity index (χ0n) is 5.18. The third-order valence-electron chi connectivity index (χ3n) is 0.614. The van der Waals surface area contributed by atoms with Crippen LogP contribution in [0.4, 0.5) is 0 Å². The van der Waals surface area contributed by atoms with Gasteiger partial charge in [-0.3, -0.25) is 10.4 Å². The molecule has 0 aromatic rings. The number of aliphatic imine (C=N–C) groups is 1. The van der Waals surface area contributed by atoms with Crippen molar-refractivity contribution in [1.82, 2.24) is 0 Å². The number of nitrogens with zero attached hydrogens (tertiary/aromatic N) is 1. The molecule has 44 valence electrons. The molecule has 0 rings (SSSR count). The molecule has 0 saturated carbocycles. The monoisotopic (exact) mass is 110 g/mol. The third kappa shape index (κ3) is 3.28. The van der Waals surface area contributed by atoms with Crippen LogP contribution in [0, 0.1) is 5.41 Å². The maximum Gasteiger partial charge on any atom is 0.0714 e. The van der Waals surface area contributed by atoms with Crippen LogP contribution in [0.1, 0.15) is 6.92 Å². The molecule has 2 nitrogen and oxygen atoms in total. The number of allylic oxidation sites excluding steroid dienone is 2. The molecule has 0 aliphatic heterocycles. The second kappa shape index (κ2) is 4.24. The highest BCUT2D eigenvalue weighted by molar-refractivity contribution is 6.34. The van der Waals surface area contributed by atoms with E-state index in [1.807, 2.05) is 13.0 Å². The van der Waals surface area contributed by atoms with E-state index in [-0.39, 0.29) is 0 Å². The summed E-state index contributed by atoms with van der Waals surface area (Å²) in [7, 11) is 1.65. The second-order valence-corrected chi connectivity index (χ2v) is 1.34. The average Bonchev–Trinajstić information content (AvgIpc) is 1.68. The Hall–Kier alpha value is -0.920. The van der Waals surface area contributed by atoms with Gasteiger partial charge in [0.15, 0.2) is 0 Å². The Kier molecular flexibility index (Phi) is 3.76. The first-order valence-corrected chi connectivity index (χ1v) is 2.44. The first-order chi connectivity index (χ1) is 3.81. The zero-order valence-corrected chi connectivity index (χ0v) is 5.18. The SMILES string of the molecule is C/C=C\C(=N)C=NC. The van der Waals surface area contributed by atoms with E-state index >= 15 is 0 Å². The van der Waals surface area contributed by atoms with Crippen LogP contribution in [0.5, 0.6) is 0 Å². The summed E-state index contributed by atoms with van der Waals surface area (Å²) in [6.45, 7) is 1.87. The minimum atomic E-state index is 0.440. The molecule has 0 aliphatic carbocycles. The lowest BCUT2D eigenvalue weighted by Gasteiger charge is -1.79. The van der Waals surface area contributed by atoms with Crippen molar-refractivity contribution in [2.45, 2.75) is 6.92 Å². The minimum absolute atomic E-state index is 0.440. The molecule has 0 aromatic heterocycles. The normalized spacial score (nSPS) is 11.2. The molecule has 0 amide bonds. The lowest BCUT2D eigenvalue weighted by atomic mass is 10.4. The van der Waals surface area contributed by atoms with Gasteiger partial charge in [0, 0.05) is 13.3 Å². The fraction of sp³-hybridized carbons (Fsp3) is 0.333. The van der Waals surface area contributed by atoms with Crippen LogP contribution in [-0.2, 0) is 0 Å². The second-order valence-electron chi connectivity index (χ2n) is 1.34. The van der Waals surface area contributed by atoms with Gasteiger partial charge in [-0.2, -0.15) is 0 Å². The molecule has 2 heteroatoms. The fourth-order valence-electron chi connectivity index (χ4n) is 0.362. The molecule has 0 radical (unpaired) electrons. The molecule has 0 fully saturated rings. The first-order valence-electron chi connectivity index (χ1n) is 2.44. The van der Waals surface area contributed by atoms with Gasteiger partial charge < -0.3 is 0 Å². The highest BCUT2D eigenvalue weighted by Gasteiger charge is 1.76. The molecule has 0 aliphatic rings. The Labute approximate surface area is 49.5 Å². The summed E-state index contributed by atoms with van der Waals surface area (Å²) in [5.74, 6) is 0. The smallest absolute Gasteiger partial charge is 0.0714 e. The van der Waals surface area contributed by atoms with E-state index in [2.05, 4.69) is 4.99 Å². The van der Waals surface area contributed by atoms with Crippen LogP contribution in [0.25, 0.3) is 0 Å². The summed E-state index contributed by atoms with van der Waals surface area (Å²) in [4.78, 5) is 3.65. The molecule has 1 N–H and O–H groups in total. The van der Waals surface area contributed by atoms with Crippen molar-refractivity contribution in [2.75, 3.05) is 7.05 Å². The van der Waals surface area contributed by atoms with E-state index in [1.165, 1.54) is 6.21 Å². The molecule has 0 atom stereocenters. The lowest BCUT2D eigenvalue weighted by Crippen LogP contribution is -1.89. The largest absolute Gasteiger partial charge is 0.299 e. The third-order valence-corrected chi connectivity index (χ3v) is 0.614. The summed E-state index contributed by atoms with van der Waals surface area (Å²) < 4.78 is 0. The molecule has 0 saturated heterocycles. The number of hydrogen-bond donors (Lipinski definition) is 1. The molecule has 0 aromatic carbocycles. The van der Waals surface area contributed by atoms with E-state index in [9.17, 15) is 0 Å². The zero-order chi connectivity index (χ0) is 6.41. The van der Waals surface area contributed by atoms with Crippen molar-refractivity contribution in [2.24, 2.45) is 4.99 Å². The molecular weight excluding hydrogens is 100 g/mol. The van der Waals surface area contributed by atoms with E-state index in [1.54, 1.807) is 13.1 Å². The molecule has 8 heavy (non-hydrogen) atoms. The van der Waals surface area contributed by atoms with E-state index in [0.29, 0.717) is 5.71 Å². The Morgan fingerprint density at radius 3 is 2.62 bits per heavy atom. The maximum absolute atomic E-state index is 7.05. The molecule has 0 spiro atoms. The minimum Gasteiger partial charge on any atom is -0.299 e. The summed E-state index contributed by atoms with van der Waals surface area (Å²) in [6, 6.07) is 0. The van der Waals surface area contributed by atoms with Gasteiger partial charge >= 0.3 is 0 Å². The Morgan fingerprint density at radius 2 is 2.25 bits per heavy atom. The highest BCUT2D eigenvalue weighted by atomic mass is 14.6. The standard InChI is InChI=1S/C6H10N2/c1-3-4-6(7)5-8-2/h3-5,7H,1-2H3/b4-3-,7-6?,8-5?. The van der Waals surface area contributed by atoms with Crippen molar-refractivity contribution in [3.8, 4) is 0 Å². The van der Waals surface area contributed by atoms with Gasteiger partial charge in [0.1, 0.15) is 0 Å². The summed E-state index contributed by atoms with van der Waals surface area (Å²) >= 11 is 0. The van der Waals surface area contributed by atoms with Crippen molar-refractivity contribution < 1.29 is 0 Å². The first kappa shape index (κ1) is 7.08. The number of rotatable bonds is 2. The number of hydrogen-bond acceptors (Lipinski definition) is 2. The summed E-state index contributed by atoms with van der Waals surface area (Å²) in [6.07, 6.45) is 5.00. The van der Waals surface area contributed by atoms with Gasteiger partial charge in [0.2, 0.25) is 0 Å².